The molecule has 2 aliphatic rings. The molecule has 7 heteroatoms. The van der Waals surface area contributed by atoms with Crippen molar-refractivity contribution >= 4 is 22.9 Å². The average Bonchev–Trinajstić information content (AvgIpc) is 3.10. The minimum Gasteiger partial charge on any atom is -0.367 e. The molecule has 0 atom stereocenters. The zero-order valence-electron chi connectivity index (χ0n) is 14.5. The van der Waals surface area contributed by atoms with Gasteiger partial charge in [0.2, 0.25) is 5.91 Å². The molecule has 4 nitrogen and oxygen atoms in total. The summed E-state index contributed by atoms with van der Waals surface area (Å²) in [4.78, 5) is 20.0. The molecule has 2 aliphatic heterocycles. The maximum Gasteiger partial charge on any atom is 0.237 e. The second-order valence-electron chi connectivity index (χ2n) is 6.79. The number of piperazine rings is 1. The molecule has 1 aromatic carbocycles. The summed E-state index contributed by atoms with van der Waals surface area (Å²) >= 11 is 1.77. The van der Waals surface area contributed by atoms with Crippen LogP contribution in [0.3, 0.4) is 0 Å². The summed E-state index contributed by atoms with van der Waals surface area (Å²) in [5.41, 5.74) is 1.70. The summed E-state index contributed by atoms with van der Waals surface area (Å²) in [6.07, 6.45) is 0.941. The molecule has 1 aromatic heterocycles. The quantitative estimate of drug-likeness (QED) is 0.823. The Hall–Kier alpha value is -1.99. The number of hydrogen-bond donors (Lipinski definition) is 0. The first-order valence-electron chi connectivity index (χ1n) is 8.85. The first-order chi connectivity index (χ1) is 12.6. The summed E-state index contributed by atoms with van der Waals surface area (Å²) in [6, 6.07) is 5.79. The fourth-order valence-corrected chi connectivity index (χ4v) is 4.53. The van der Waals surface area contributed by atoms with Crippen LogP contribution in [0.25, 0.3) is 0 Å². The van der Waals surface area contributed by atoms with Crippen LogP contribution in [0.1, 0.15) is 10.4 Å². The maximum absolute atomic E-state index is 13.9. The van der Waals surface area contributed by atoms with E-state index in [-0.39, 0.29) is 5.91 Å². The van der Waals surface area contributed by atoms with Gasteiger partial charge in [-0.1, -0.05) is 0 Å². The lowest BCUT2D eigenvalue weighted by Crippen LogP contribution is -2.50. The second-order valence-corrected chi connectivity index (χ2v) is 7.79. The Balaban J connectivity index is 1.30. The molecule has 4 rings (SSSR count). The fraction of sp³-hybridized carbons (Fsp3) is 0.421. The third-order valence-corrected chi connectivity index (χ3v) is 6.16. The monoisotopic (exact) mass is 377 g/mol. The Labute approximate surface area is 155 Å². The van der Waals surface area contributed by atoms with Gasteiger partial charge in [0.15, 0.2) is 0 Å². The van der Waals surface area contributed by atoms with Crippen LogP contribution in [-0.4, -0.2) is 55.0 Å². The number of hydrogen-bond acceptors (Lipinski definition) is 4. The summed E-state index contributed by atoms with van der Waals surface area (Å²) in [5, 5.41) is 2.09. The van der Waals surface area contributed by atoms with E-state index in [4.69, 9.17) is 0 Å². The molecular weight excluding hydrogens is 356 g/mol. The van der Waals surface area contributed by atoms with Gasteiger partial charge in [-0.2, -0.15) is 0 Å². The van der Waals surface area contributed by atoms with E-state index >= 15 is 0 Å². The summed E-state index contributed by atoms with van der Waals surface area (Å²) < 4.78 is 27.0. The smallest absolute Gasteiger partial charge is 0.237 e. The predicted molar refractivity (Wildman–Crippen MR) is 98.5 cm³/mol. The van der Waals surface area contributed by atoms with Crippen LogP contribution in [-0.2, 0) is 17.8 Å². The highest BCUT2D eigenvalue weighted by atomic mass is 32.1. The van der Waals surface area contributed by atoms with E-state index in [0.717, 1.165) is 19.0 Å². The van der Waals surface area contributed by atoms with Crippen molar-refractivity contribution < 1.29 is 13.6 Å². The largest absolute Gasteiger partial charge is 0.367 e. The molecule has 0 aliphatic carbocycles. The van der Waals surface area contributed by atoms with Gasteiger partial charge in [-0.25, -0.2) is 8.78 Å². The Kier molecular flexibility index (Phi) is 4.91. The first-order valence-corrected chi connectivity index (χ1v) is 9.73. The van der Waals surface area contributed by atoms with Gasteiger partial charge in [0, 0.05) is 50.2 Å². The van der Waals surface area contributed by atoms with Crippen molar-refractivity contribution in [1.29, 1.82) is 0 Å². The third-order valence-electron chi connectivity index (χ3n) is 5.14. The van der Waals surface area contributed by atoms with E-state index in [9.17, 15) is 13.6 Å². The van der Waals surface area contributed by atoms with Crippen molar-refractivity contribution in [3.63, 3.8) is 0 Å². The van der Waals surface area contributed by atoms with Crippen molar-refractivity contribution in [1.82, 2.24) is 9.80 Å². The Morgan fingerprint density at radius 3 is 2.65 bits per heavy atom. The van der Waals surface area contributed by atoms with Gasteiger partial charge in [-0.05, 0) is 35.6 Å². The van der Waals surface area contributed by atoms with E-state index < -0.39 is 11.6 Å². The number of benzene rings is 1. The molecular formula is C19H21F2N3OS. The molecule has 26 heavy (non-hydrogen) atoms. The topological polar surface area (TPSA) is 26.8 Å². The van der Waals surface area contributed by atoms with Crippen molar-refractivity contribution in [3.8, 4) is 0 Å². The third kappa shape index (κ3) is 3.59. The molecule has 1 amide bonds. The van der Waals surface area contributed by atoms with Crippen LogP contribution >= 0.6 is 11.3 Å². The van der Waals surface area contributed by atoms with E-state index in [1.54, 1.807) is 11.3 Å². The Morgan fingerprint density at radius 2 is 1.88 bits per heavy atom. The number of carbonyl (C=O) groups is 1. The van der Waals surface area contributed by atoms with Gasteiger partial charge >= 0.3 is 0 Å². The first kappa shape index (κ1) is 17.4. The minimum atomic E-state index is -0.564. The predicted octanol–water partition coefficient (Wildman–Crippen LogP) is 2.73. The van der Waals surface area contributed by atoms with Crippen molar-refractivity contribution in [3.05, 3.63) is 51.7 Å². The molecule has 0 bridgehead atoms. The van der Waals surface area contributed by atoms with Gasteiger partial charge < -0.3 is 9.80 Å². The molecule has 0 N–H and O–H groups in total. The lowest BCUT2D eigenvalue weighted by molar-refractivity contribution is -0.133. The molecule has 2 aromatic rings. The van der Waals surface area contributed by atoms with Gasteiger partial charge in [0.25, 0.3) is 0 Å². The highest BCUT2D eigenvalue weighted by Crippen LogP contribution is 2.24. The van der Waals surface area contributed by atoms with Gasteiger partial charge in [-0.15, -0.1) is 11.3 Å². The van der Waals surface area contributed by atoms with Crippen molar-refractivity contribution in [2.75, 3.05) is 44.2 Å². The van der Waals surface area contributed by atoms with Crippen LogP contribution < -0.4 is 4.90 Å². The number of rotatable bonds is 3. The number of anilines is 1. The Morgan fingerprint density at radius 1 is 1.08 bits per heavy atom. The molecule has 3 heterocycles. The lowest BCUT2D eigenvalue weighted by Gasteiger charge is -2.37. The number of halogens is 2. The van der Waals surface area contributed by atoms with E-state index in [1.807, 2.05) is 9.80 Å². The standard InChI is InChI=1S/C19H21F2N3OS/c20-15-1-2-17(16(21)11-15)23-8-6-22(7-9-23)13-19(25)24-5-3-18-14(12-24)4-10-26-18/h1-2,4,10-11H,3,5-9,12-13H2. The highest BCUT2D eigenvalue weighted by Gasteiger charge is 2.25. The molecule has 0 spiro atoms. The highest BCUT2D eigenvalue weighted by molar-refractivity contribution is 7.10. The lowest BCUT2D eigenvalue weighted by atomic mass is 10.1. The van der Waals surface area contributed by atoms with E-state index in [0.29, 0.717) is 45.0 Å². The normalized spacial score (nSPS) is 18.1. The number of nitrogens with zero attached hydrogens (tertiary/aromatic N) is 3. The SMILES string of the molecule is O=C(CN1CCN(c2ccc(F)cc2F)CC1)N1CCc2sccc2C1. The summed E-state index contributed by atoms with van der Waals surface area (Å²) in [6.45, 7) is 4.54. The average molecular weight is 377 g/mol. The second kappa shape index (κ2) is 7.32. The zero-order valence-corrected chi connectivity index (χ0v) is 15.3. The number of thiophene rings is 1. The Bertz CT molecular complexity index is 802. The number of amides is 1. The van der Waals surface area contributed by atoms with Crippen LogP contribution in [0.2, 0.25) is 0 Å². The molecule has 1 fully saturated rings. The molecule has 0 unspecified atom stereocenters. The molecule has 138 valence electrons. The van der Waals surface area contributed by atoms with Gasteiger partial charge in [0.05, 0.1) is 12.2 Å². The van der Waals surface area contributed by atoms with Crippen LogP contribution in [0, 0.1) is 11.6 Å². The van der Waals surface area contributed by atoms with Gasteiger partial charge in [0.1, 0.15) is 11.6 Å². The van der Waals surface area contributed by atoms with Crippen LogP contribution in [0.4, 0.5) is 14.5 Å². The van der Waals surface area contributed by atoms with Gasteiger partial charge in [-0.3, -0.25) is 9.69 Å². The molecule has 0 saturated carbocycles. The molecule has 1 saturated heterocycles. The number of carbonyl (C=O) groups excluding carboxylic acids is 1. The number of fused-ring (bicyclic) bond motifs is 1. The van der Waals surface area contributed by atoms with Crippen LogP contribution in [0.15, 0.2) is 29.6 Å². The summed E-state index contributed by atoms with van der Waals surface area (Å²) in [7, 11) is 0. The fourth-order valence-electron chi connectivity index (χ4n) is 3.64. The van der Waals surface area contributed by atoms with Crippen molar-refractivity contribution in [2.45, 2.75) is 13.0 Å². The van der Waals surface area contributed by atoms with E-state index in [1.165, 1.54) is 22.6 Å². The molecule has 0 radical (unpaired) electrons. The van der Waals surface area contributed by atoms with Crippen molar-refractivity contribution in [2.24, 2.45) is 0 Å². The van der Waals surface area contributed by atoms with Crippen LogP contribution in [0.5, 0.6) is 0 Å². The minimum absolute atomic E-state index is 0.156. The van der Waals surface area contributed by atoms with E-state index in [2.05, 4.69) is 16.3 Å². The summed E-state index contributed by atoms with van der Waals surface area (Å²) in [5.74, 6) is -0.941. The zero-order chi connectivity index (χ0) is 18.1. The maximum atomic E-state index is 13.9.